The standard InChI is InChI=1S/C16H16F5N5O4S/c17-15(18)10(14(15)3-5-26(6-4-14)31(22,27)28)13-23-12(25-30-13)8-9(7-1-2-7)29-24-11(8)16(19,20)21/h7,10H,1-6H2,(H2,22,27,28)/t10-/m0/s1. The second-order valence-electron chi connectivity index (χ2n) is 8.15. The molecular formula is C16H16F5N5O4S. The van der Waals surface area contributed by atoms with Crippen LogP contribution >= 0.6 is 0 Å². The van der Waals surface area contributed by atoms with Crippen LogP contribution in [0.4, 0.5) is 22.0 Å². The molecule has 5 rings (SSSR count). The molecule has 0 amide bonds. The number of nitrogens with two attached hydrogens (primary N) is 1. The van der Waals surface area contributed by atoms with Crippen molar-refractivity contribution in [3.8, 4) is 11.4 Å². The molecule has 1 atom stereocenters. The molecule has 2 N–H and O–H groups in total. The minimum Gasteiger partial charge on any atom is -0.360 e. The van der Waals surface area contributed by atoms with Gasteiger partial charge in [0.15, 0.2) is 11.5 Å². The van der Waals surface area contributed by atoms with Gasteiger partial charge in [-0.25, -0.2) is 13.9 Å². The SMILES string of the molecule is NS(=O)(=O)N1CCC2(CC1)[C@H](c1nc(-c3c(C(F)(F)F)noc3C3CC3)no1)C2(F)F. The van der Waals surface area contributed by atoms with Crippen molar-refractivity contribution in [2.24, 2.45) is 10.6 Å². The summed E-state index contributed by atoms with van der Waals surface area (Å²) >= 11 is 0. The molecule has 0 radical (unpaired) electrons. The fourth-order valence-corrected chi connectivity index (χ4v) is 5.14. The van der Waals surface area contributed by atoms with E-state index in [1.54, 1.807) is 0 Å². The van der Waals surface area contributed by atoms with E-state index in [1.807, 2.05) is 0 Å². The zero-order chi connectivity index (χ0) is 22.4. The molecule has 2 aromatic rings. The summed E-state index contributed by atoms with van der Waals surface area (Å²) < 4.78 is 103. The van der Waals surface area contributed by atoms with Gasteiger partial charge >= 0.3 is 6.18 Å². The van der Waals surface area contributed by atoms with Gasteiger partial charge in [0.25, 0.3) is 16.1 Å². The quantitative estimate of drug-likeness (QED) is 0.682. The maximum absolute atomic E-state index is 14.7. The molecule has 31 heavy (non-hydrogen) atoms. The molecule has 2 aliphatic carbocycles. The van der Waals surface area contributed by atoms with Gasteiger partial charge in [0.05, 0.1) is 11.0 Å². The molecule has 3 fully saturated rings. The highest BCUT2D eigenvalue weighted by molar-refractivity contribution is 7.86. The Kier molecular flexibility index (Phi) is 4.17. The first-order chi connectivity index (χ1) is 14.4. The van der Waals surface area contributed by atoms with E-state index in [-0.39, 0.29) is 37.6 Å². The molecule has 0 aromatic carbocycles. The zero-order valence-corrected chi connectivity index (χ0v) is 16.5. The average molecular weight is 469 g/mol. The molecule has 3 heterocycles. The maximum atomic E-state index is 14.7. The highest BCUT2D eigenvalue weighted by Gasteiger charge is 2.82. The predicted octanol–water partition coefficient (Wildman–Crippen LogP) is 2.64. The fraction of sp³-hybridized carbons (Fsp3) is 0.688. The average Bonchev–Trinajstić information content (AvgIpc) is 3.39. The monoisotopic (exact) mass is 469 g/mol. The molecule has 2 saturated carbocycles. The summed E-state index contributed by atoms with van der Waals surface area (Å²) in [6.07, 6.45) is -4.04. The first-order valence-corrected chi connectivity index (χ1v) is 10.9. The van der Waals surface area contributed by atoms with E-state index in [4.69, 9.17) is 14.2 Å². The first kappa shape index (κ1) is 20.8. The first-order valence-electron chi connectivity index (χ1n) is 9.43. The second-order valence-corrected chi connectivity index (χ2v) is 9.70. The van der Waals surface area contributed by atoms with Gasteiger partial charge in [-0.05, 0) is 25.7 Å². The Labute approximate surface area is 171 Å². The largest absolute Gasteiger partial charge is 0.437 e. The molecule has 1 spiro atoms. The summed E-state index contributed by atoms with van der Waals surface area (Å²) in [7, 11) is -4.01. The molecule has 170 valence electrons. The molecule has 0 bridgehead atoms. The Morgan fingerprint density at radius 2 is 1.74 bits per heavy atom. The predicted molar refractivity (Wildman–Crippen MR) is 90.8 cm³/mol. The van der Waals surface area contributed by atoms with Crippen LogP contribution in [-0.4, -0.2) is 47.0 Å². The van der Waals surface area contributed by atoms with E-state index in [0.717, 1.165) is 4.31 Å². The normalized spacial score (nSPS) is 25.8. The van der Waals surface area contributed by atoms with Crippen molar-refractivity contribution >= 4 is 10.2 Å². The number of aromatic nitrogens is 3. The Balaban J connectivity index is 1.46. The van der Waals surface area contributed by atoms with Crippen LogP contribution in [0.15, 0.2) is 9.05 Å². The molecule has 1 saturated heterocycles. The highest BCUT2D eigenvalue weighted by atomic mass is 32.2. The third-order valence-corrected chi connectivity index (χ3v) is 7.40. The minimum absolute atomic E-state index is 0.0431. The third-order valence-electron chi connectivity index (χ3n) is 6.32. The minimum atomic E-state index is -4.85. The van der Waals surface area contributed by atoms with Gasteiger partial charge in [-0.1, -0.05) is 10.3 Å². The van der Waals surface area contributed by atoms with E-state index in [2.05, 4.69) is 15.3 Å². The van der Waals surface area contributed by atoms with Crippen molar-refractivity contribution in [2.45, 2.75) is 49.6 Å². The Morgan fingerprint density at radius 3 is 2.29 bits per heavy atom. The summed E-state index contributed by atoms with van der Waals surface area (Å²) in [5.41, 5.74) is -3.44. The van der Waals surface area contributed by atoms with Gasteiger partial charge in [-0.15, -0.1) is 0 Å². The number of nitrogens with zero attached hydrogens (tertiary/aromatic N) is 4. The van der Waals surface area contributed by atoms with Gasteiger partial charge in [0.2, 0.25) is 11.7 Å². The van der Waals surface area contributed by atoms with Gasteiger partial charge in [-0.2, -0.15) is 30.9 Å². The van der Waals surface area contributed by atoms with Gasteiger partial charge in [0, 0.05) is 19.0 Å². The number of hydrogen-bond donors (Lipinski definition) is 1. The van der Waals surface area contributed by atoms with Gasteiger partial charge in [-0.3, -0.25) is 0 Å². The van der Waals surface area contributed by atoms with Crippen molar-refractivity contribution in [2.75, 3.05) is 13.1 Å². The Hall–Kier alpha value is -2.13. The summed E-state index contributed by atoms with van der Waals surface area (Å²) in [6, 6.07) is 0. The lowest BCUT2D eigenvalue weighted by molar-refractivity contribution is -0.142. The lowest BCUT2D eigenvalue weighted by Gasteiger charge is -2.30. The van der Waals surface area contributed by atoms with Crippen molar-refractivity contribution in [3.05, 3.63) is 17.3 Å². The molecule has 3 aliphatic rings. The van der Waals surface area contributed by atoms with Crippen LogP contribution in [0.5, 0.6) is 0 Å². The van der Waals surface area contributed by atoms with Gasteiger partial charge in [0.1, 0.15) is 5.92 Å². The van der Waals surface area contributed by atoms with Crippen LogP contribution in [0, 0.1) is 5.41 Å². The van der Waals surface area contributed by atoms with Crippen LogP contribution in [0.2, 0.25) is 0 Å². The molecule has 2 aromatic heterocycles. The van der Waals surface area contributed by atoms with E-state index < -0.39 is 56.6 Å². The summed E-state index contributed by atoms with van der Waals surface area (Å²) in [6.45, 7) is -0.413. The van der Waals surface area contributed by atoms with Crippen LogP contribution in [-0.2, 0) is 16.4 Å². The Morgan fingerprint density at radius 1 is 1.10 bits per heavy atom. The van der Waals surface area contributed by atoms with Crippen molar-refractivity contribution in [1.29, 1.82) is 0 Å². The van der Waals surface area contributed by atoms with E-state index in [0.29, 0.717) is 12.8 Å². The topological polar surface area (TPSA) is 128 Å². The molecule has 0 unspecified atom stereocenters. The lowest BCUT2D eigenvalue weighted by Crippen LogP contribution is -2.43. The highest BCUT2D eigenvalue weighted by Crippen LogP contribution is 2.75. The summed E-state index contributed by atoms with van der Waals surface area (Å²) in [5.74, 6) is -6.12. The number of rotatable bonds is 4. The van der Waals surface area contributed by atoms with Crippen LogP contribution in [0.25, 0.3) is 11.4 Å². The third kappa shape index (κ3) is 3.08. The number of piperidine rings is 1. The number of alkyl halides is 5. The van der Waals surface area contributed by atoms with Crippen molar-refractivity contribution in [1.82, 2.24) is 19.6 Å². The number of hydrogen-bond acceptors (Lipinski definition) is 7. The number of halogens is 5. The zero-order valence-electron chi connectivity index (χ0n) is 15.7. The molecule has 1 aliphatic heterocycles. The van der Waals surface area contributed by atoms with E-state index in [9.17, 15) is 30.4 Å². The lowest BCUT2D eigenvalue weighted by atomic mass is 9.91. The maximum Gasteiger partial charge on any atom is 0.437 e. The van der Waals surface area contributed by atoms with E-state index in [1.165, 1.54) is 0 Å². The fourth-order valence-electron chi connectivity index (χ4n) is 4.45. The summed E-state index contributed by atoms with van der Waals surface area (Å²) in [5, 5.41) is 11.7. The molecule has 9 nitrogen and oxygen atoms in total. The smallest absolute Gasteiger partial charge is 0.360 e. The van der Waals surface area contributed by atoms with Crippen molar-refractivity contribution < 1.29 is 39.4 Å². The Bertz CT molecular complexity index is 1130. The van der Waals surface area contributed by atoms with E-state index >= 15 is 0 Å². The summed E-state index contributed by atoms with van der Waals surface area (Å²) in [4.78, 5) is 3.86. The van der Waals surface area contributed by atoms with Crippen LogP contribution < -0.4 is 5.14 Å². The molecular weight excluding hydrogens is 453 g/mol. The van der Waals surface area contributed by atoms with Gasteiger partial charge < -0.3 is 9.05 Å². The van der Waals surface area contributed by atoms with Crippen molar-refractivity contribution in [3.63, 3.8) is 0 Å². The molecule has 15 heteroatoms. The second kappa shape index (κ2) is 6.22. The van der Waals surface area contributed by atoms with Crippen LogP contribution in [0.1, 0.15) is 54.9 Å². The van der Waals surface area contributed by atoms with Crippen LogP contribution in [0.3, 0.4) is 0 Å².